The summed E-state index contributed by atoms with van der Waals surface area (Å²) in [5.41, 5.74) is 1.23. The summed E-state index contributed by atoms with van der Waals surface area (Å²) in [7, 11) is 0. The van der Waals surface area contributed by atoms with Gasteiger partial charge in [0.25, 0.3) is 5.56 Å². The second kappa shape index (κ2) is 6.37. The molecular formula is C20H17N3O2. The summed E-state index contributed by atoms with van der Waals surface area (Å²) in [5.74, 6) is 0.350. The van der Waals surface area contributed by atoms with Crippen molar-refractivity contribution in [3.8, 4) is 0 Å². The van der Waals surface area contributed by atoms with Gasteiger partial charge < -0.3 is 10.4 Å². The van der Waals surface area contributed by atoms with E-state index in [0.717, 1.165) is 16.3 Å². The van der Waals surface area contributed by atoms with Crippen molar-refractivity contribution in [1.82, 2.24) is 9.97 Å². The normalized spacial score (nSPS) is 12.4. The van der Waals surface area contributed by atoms with E-state index in [1.807, 2.05) is 48.5 Å². The number of nitrogens with zero attached hydrogens (tertiary/aromatic N) is 1. The Bertz CT molecular complexity index is 1100. The number of para-hydroxylation sites is 1. The zero-order valence-corrected chi connectivity index (χ0v) is 13.4. The minimum Gasteiger partial charge on any atom is -0.387 e. The summed E-state index contributed by atoms with van der Waals surface area (Å²) >= 11 is 0. The van der Waals surface area contributed by atoms with Gasteiger partial charge in [0.05, 0.1) is 17.0 Å². The number of aromatic amines is 1. The molecule has 124 valence electrons. The van der Waals surface area contributed by atoms with Crippen molar-refractivity contribution in [2.24, 2.45) is 0 Å². The van der Waals surface area contributed by atoms with Crippen LogP contribution in [0.2, 0.25) is 0 Å². The van der Waals surface area contributed by atoms with E-state index < -0.39 is 6.10 Å². The second-order valence-corrected chi connectivity index (χ2v) is 5.93. The van der Waals surface area contributed by atoms with Gasteiger partial charge in [0, 0.05) is 6.54 Å². The lowest BCUT2D eigenvalue weighted by atomic mass is 10.0. The van der Waals surface area contributed by atoms with Crippen molar-refractivity contribution in [2.75, 3.05) is 11.9 Å². The summed E-state index contributed by atoms with van der Waals surface area (Å²) in [6, 6.07) is 21.0. The van der Waals surface area contributed by atoms with Crippen molar-refractivity contribution in [1.29, 1.82) is 0 Å². The Labute approximate surface area is 144 Å². The highest BCUT2D eigenvalue weighted by Gasteiger charge is 2.09. The molecule has 1 atom stereocenters. The average Bonchev–Trinajstić information content (AvgIpc) is 2.66. The lowest BCUT2D eigenvalue weighted by Gasteiger charge is -2.13. The zero-order valence-electron chi connectivity index (χ0n) is 13.4. The van der Waals surface area contributed by atoms with Gasteiger partial charge in [0.15, 0.2) is 0 Å². The first kappa shape index (κ1) is 15.4. The molecule has 3 aromatic carbocycles. The number of fused-ring (bicyclic) bond motifs is 2. The Morgan fingerprint density at radius 3 is 2.64 bits per heavy atom. The topological polar surface area (TPSA) is 78.0 Å². The van der Waals surface area contributed by atoms with Crippen molar-refractivity contribution in [2.45, 2.75) is 6.10 Å². The SMILES string of the molecule is O=c1[nH]c(NCC(O)c2ccc3ccccc3c2)nc2ccccc12. The van der Waals surface area contributed by atoms with Crippen LogP contribution in [0, 0.1) is 0 Å². The van der Waals surface area contributed by atoms with E-state index in [-0.39, 0.29) is 12.1 Å². The summed E-state index contributed by atoms with van der Waals surface area (Å²) in [6.45, 7) is 0.250. The quantitative estimate of drug-likeness (QED) is 0.536. The number of aliphatic hydroxyl groups is 1. The number of benzene rings is 3. The lowest BCUT2D eigenvalue weighted by molar-refractivity contribution is 0.191. The minimum absolute atomic E-state index is 0.201. The molecule has 0 spiro atoms. The van der Waals surface area contributed by atoms with Gasteiger partial charge in [-0.3, -0.25) is 9.78 Å². The summed E-state index contributed by atoms with van der Waals surface area (Å²) in [6.07, 6.45) is -0.707. The third-order valence-electron chi connectivity index (χ3n) is 4.23. The molecule has 0 saturated carbocycles. The van der Waals surface area contributed by atoms with Crippen LogP contribution >= 0.6 is 0 Å². The van der Waals surface area contributed by atoms with Crippen LogP contribution < -0.4 is 10.9 Å². The highest BCUT2D eigenvalue weighted by Crippen LogP contribution is 2.20. The van der Waals surface area contributed by atoms with E-state index in [9.17, 15) is 9.90 Å². The van der Waals surface area contributed by atoms with Crippen LogP contribution in [0.3, 0.4) is 0 Å². The maximum Gasteiger partial charge on any atom is 0.260 e. The molecule has 0 bridgehead atoms. The molecule has 0 aliphatic carbocycles. The largest absolute Gasteiger partial charge is 0.387 e. The number of hydrogen-bond donors (Lipinski definition) is 3. The Morgan fingerprint density at radius 2 is 1.76 bits per heavy atom. The number of nitrogens with one attached hydrogen (secondary N) is 2. The summed E-state index contributed by atoms with van der Waals surface area (Å²) in [4.78, 5) is 19.1. The average molecular weight is 331 g/mol. The standard InChI is InChI=1S/C20H17N3O2/c24-18(15-10-9-13-5-1-2-6-14(13)11-15)12-21-20-22-17-8-4-3-7-16(17)19(25)23-20/h1-11,18,24H,12H2,(H2,21,22,23,25). The fourth-order valence-electron chi connectivity index (χ4n) is 2.90. The fourth-order valence-corrected chi connectivity index (χ4v) is 2.90. The van der Waals surface area contributed by atoms with E-state index in [1.54, 1.807) is 18.2 Å². The predicted molar refractivity (Wildman–Crippen MR) is 99.8 cm³/mol. The van der Waals surface area contributed by atoms with E-state index in [1.165, 1.54) is 0 Å². The molecule has 1 aromatic heterocycles. The molecule has 4 rings (SSSR count). The third-order valence-corrected chi connectivity index (χ3v) is 4.23. The van der Waals surface area contributed by atoms with E-state index in [2.05, 4.69) is 15.3 Å². The van der Waals surface area contributed by atoms with Crippen LogP contribution in [0.15, 0.2) is 71.5 Å². The highest BCUT2D eigenvalue weighted by molar-refractivity contribution is 5.83. The molecule has 0 aliphatic heterocycles. The molecule has 25 heavy (non-hydrogen) atoms. The van der Waals surface area contributed by atoms with Gasteiger partial charge in [-0.25, -0.2) is 4.98 Å². The van der Waals surface area contributed by atoms with Crippen molar-refractivity contribution >= 4 is 27.6 Å². The van der Waals surface area contributed by atoms with E-state index >= 15 is 0 Å². The van der Waals surface area contributed by atoms with Crippen LogP contribution in [-0.4, -0.2) is 21.6 Å². The van der Waals surface area contributed by atoms with Gasteiger partial charge in [-0.2, -0.15) is 0 Å². The molecule has 0 amide bonds. The molecule has 5 heteroatoms. The van der Waals surface area contributed by atoms with Crippen molar-refractivity contribution in [3.63, 3.8) is 0 Å². The molecule has 0 saturated heterocycles. The van der Waals surface area contributed by atoms with Crippen LogP contribution in [0.4, 0.5) is 5.95 Å². The number of aromatic nitrogens is 2. The summed E-state index contributed by atoms with van der Waals surface area (Å²) < 4.78 is 0. The Morgan fingerprint density at radius 1 is 1.00 bits per heavy atom. The molecule has 0 aliphatic rings. The first-order valence-electron chi connectivity index (χ1n) is 8.10. The van der Waals surface area contributed by atoms with Crippen LogP contribution in [0.5, 0.6) is 0 Å². The molecule has 0 fully saturated rings. The molecule has 4 aromatic rings. The fraction of sp³-hybridized carbons (Fsp3) is 0.100. The van der Waals surface area contributed by atoms with Gasteiger partial charge in [-0.05, 0) is 34.5 Å². The van der Waals surface area contributed by atoms with E-state index in [4.69, 9.17) is 0 Å². The van der Waals surface area contributed by atoms with Crippen LogP contribution in [0.25, 0.3) is 21.7 Å². The first-order chi connectivity index (χ1) is 12.2. The van der Waals surface area contributed by atoms with Gasteiger partial charge >= 0.3 is 0 Å². The zero-order chi connectivity index (χ0) is 17.2. The molecule has 0 radical (unpaired) electrons. The highest BCUT2D eigenvalue weighted by atomic mass is 16.3. The van der Waals surface area contributed by atoms with Gasteiger partial charge in [-0.15, -0.1) is 0 Å². The maximum absolute atomic E-state index is 12.1. The Hall–Kier alpha value is -3.18. The van der Waals surface area contributed by atoms with Crippen molar-refractivity contribution < 1.29 is 5.11 Å². The Kier molecular flexibility index (Phi) is 3.91. The number of anilines is 1. The van der Waals surface area contributed by atoms with Gasteiger partial charge in [0.2, 0.25) is 5.95 Å². The lowest BCUT2D eigenvalue weighted by Crippen LogP contribution is -2.17. The first-order valence-corrected chi connectivity index (χ1v) is 8.10. The van der Waals surface area contributed by atoms with Crippen molar-refractivity contribution in [3.05, 3.63) is 82.6 Å². The molecule has 1 unspecified atom stereocenters. The number of rotatable bonds is 4. The number of aliphatic hydroxyl groups excluding tert-OH is 1. The van der Waals surface area contributed by atoms with Crippen LogP contribution in [-0.2, 0) is 0 Å². The Balaban J connectivity index is 1.54. The molecular weight excluding hydrogens is 314 g/mol. The predicted octanol–water partition coefficient (Wildman–Crippen LogP) is 3.22. The minimum atomic E-state index is -0.707. The smallest absolute Gasteiger partial charge is 0.260 e. The summed E-state index contributed by atoms with van der Waals surface area (Å²) in [5, 5.41) is 16.2. The number of H-pyrrole nitrogens is 1. The third kappa shape index (κ3) is 3.09. The monoisotopic (exact) mass is 331 g/mol. The molecule has 5 nitrogen and oxygen atoms in total. The van der Waals surface area contributed by atoms with Gasteiger partial charge in [-0.1, -0.05) is 48.5 Å². The second-order valence-electron chi connectivity index (χ2n) is 5.93. The maximum atomic E-state index is 12.1. The van der Waals surface area contributed by atoms with E-state index in [0.29, 0.717) is 16.9 Å². The molecule has 3 N–H and O–H groups in total. The van der Waals surface area contributed by atoms with Gasteiger partial charge in [0.1, 0.15) is 0 Å². The molecule has 1 heterocycles. The van der Waals surface area contributed by atoms with Crippen LogP contribution in [0.1, 0.15) is 11.7 Å². The number of hydrogen-bond acceptors (Lipinski definition) is 4.